The molecule has 6 rings (SSSR count). The van der Waals surface area contributed by atoms with Gasteiger partial charge in [-0.1, -0.05) is 12.1 Å². The van der Waals surface area contributed by atoms with E-state index >= 15 is 0 Å². The van der Waals surface area contributed by atoms with E-state index in [1.165, 1.54) is 0 Å². The molecule has 238 valence electrons. The number of likely N-dealkylation sites (N-methyl/N-ethyl adjacent to an activating group) is 2. The first-order valence-corrected chi connectivity index (χ1v) is 14.8. The lowest BCUT2D eigenvalue weighted by Crippen LogP contribution is -2.33. The first-order chi connectivity index (χ1) is 21.5. The van der Waals surface area contributed by atoms with Gasteiger partial charge in [0.15, 0.2) is 5.82 Å². The summed E-state index contributed by atoms with van der Waals surface area (Å²) in [6.07, 6.45) is 3.29. The molecule has 46 heavy (non-hydrogen) atoms. The van der Waals surface area contributed by atoms with Gasteiger partial charge in [-0.2, -0.15) is 0 Å². The zero-order valence-corrected chi connectivity index (χ0v) is 27.5. The standard InChI is InChI=1S/C18H20N4O2.C16H18N4O2/c1-10-8-14(20-11(2)19-10)16(23)21-12-6-7-13-15(9-12)22(5)17(24)18(13,3)4;1-16(2)11-6-5-10(9-12(11)20(4)15(16)22)18-14(21)13-17-7-8-19(13)3/h6-9H,1-5H3,(H,21,23);5-9H,1-4H3,(H,18,21). The minimum Gasteiger partial charge on any atom is -0.330 e. The number of nitrogens with one attached hydrogen (secondary N) is 2. The molecule has 0 bridgehead atoms. The lowest BCUT2D eigenvalue weighted by atomic mass is 9.86. The number of rotatable bonds is 4. The lowest BCUT2D eigenvalue weighted by Gasteiger charge is -2.16. The van der Waals surface area contributed by atoms with Crippen LogP contribution < -0.4 is 20.4 Å². The summed E-state index contributed by atoms with van der Waals surface area (Å²) in [5.41, 5.74) is 4.83. The highest BCUT2D eigenvalue weighted by atomic mass is 16.2. The molecule has 2 N–H and O–H groups in total. The van der Waals surface area contributed by atoms with E-state index < -0.39 is 10.8 Å². The molecule has 0 fully saturated rings. The molecular formula is C34H38N8O4. The molecule has 0 radical (unpaired) electrons. The molecule has 2 aromatic heterocycles. The minimum absolute atomic E-state index is 0.0445. The highest BCUT2D eigenvalue weighted by Crippen LogP contribution is 2.43. The molecule has 12 heteroatoms. The molecule has 2 aliphatic rings. The molecular weight excluding hydrogens is 584 g/mol. The van der Waals surface area contributed by atoms with Crippen LogP contribution in [0.2, 0.25) is 0 Å². The van der Waals surface area contributed by atoms with Crippen LogP contribution in [0.15, 0.2) is 54.9 Å². The van der Waals surface area contributed by atoms with Crippen LogP contribution in [0, 0.1) is 13.8 Å². The number of hydrogen-bond acceptors (Lipinski definition) is 7. The van der Waals surface area contributed by atoms with Crippen LogP contribution >= 0.6 is 0 Å². The van der Waals surface area contributed by atoms with Crippen molar-refractivity contribution in [2.45, 2.75) is 52.4 Å². The maximum atomic E-state index is 12.4. The quantitative estimate of drug-likeness (QED) is 0.341. The van der Waals surface area contributed by atoms with Gasteiger partial charge < -0.3 is 25.0 Å². The third-order valence-corrected chi connectivity index (χ3v) is 8.48. The second kappa shape index (κ2) is 11.5. The number of carbonyl (C=O) groups excluding carboxylic acids is 4. The van der Waals surface area contributed by atoms with E-state index in [9.17, 15) is 19.2 Å². The lowest BCUT2D eigenvalue weighted by molar-refractivity contribution is -0.122. The number of imidazole rings is 1. The van der Waals surface area contributed by atoms with Crippen LogP contribution in [-0.4, -0.2) is 57.2 Å². The summed E-state index contributed by atoms with van der Waals surface area (Å²) in [4.78, 5) is 64.8. The predicted molar refractivity (Wildman–Crippen MR) is 176 cm³/mol. The number of benzene rings is 2. The van der Waals surface area contributed by atoms with Gasteiger partial charge in [0.25, 0.3) is 11.8 Å². The van der Waals surface area contributed by atoms with E-state index in [1.807, 2.05) is 71.0 Å². The Hall–Kier alpha value is -5.39. The average molecular weight is 623 g/mol. The van der Waals surface area contributed by atoms with Gasteiger partial charge in [-0.3, -0.25) is 19.2 Å². The fourth-order valence-electron chi connectivity index (χ4n) is 5.92. The molecule has 2 aromatic carbocycles. The number of anilines is 4. The van der Waals surface area contributed by atoms with Crippen molar-refractivity contribution in [2.75, 3.05) is 34.5 Å². The highest BCUT2D eigenvalue weighted by molar-refractivity contribution is 6.10. The summed E-state index contributed by atoms with van der Waals surface area (Å²) >= 11 is 0. The molecule has 0 spiro atoms. The molecule has 0 saturated heterocycles. The first kappa shape index (κ1) is 32.0. The van der Waals surface area contributed by atoms with Crippen LogP contribution in [-0.2, 0) is 27.5 Å². The van der Waals surface area contributed by atoms with Gasteiger partial charge in [-0.25, -0.2) is 15.0 Å². The van der Waals surface area contributed by atoms with Crippen LogP contribution in [0.1, 0.15) is 71.4 Å². The Morgan fingerprint density at radius 3 is 1.67 bits per heavy atom. The summed E-state index contributed by atoms with van der Waals surface area (Å²) in [7, 11) is 5.26. The smallest absolute Gasteiger partial charge is 0.291 e. The number of amides is 4. The summed E-state index contributed by atoms with van der Waals surface area (Å²) in [5.74, 6) is 0.415. The predicted octanol–water partition coefficient (Wildman–Crippen LogP) is 4.53. The Balaban J connectivity index is 0.000000182. The summed E-state index contributed by atoms with van der Waals surface area (Å²) in [5, 5.41) is 5.66. The zero-order valence-electron chi connectivity index (χ0n) is 27.5. The van der Waals surface area contributed by atoms with Gasteiger partial charge in [-0.05, 0) is 83.0 Å². The monoisotopic (exact) mass is 622 g/mol. The van der Waals surface area contributed by atoms with Gasteiger partial charge in [0.1, 0.15) is 11.5 Å². The molecule has 4 heterocycles. The summed E-state index contributed by atoms with van der Waals surface area (Å²) in [6.45, 7) is 11.2. The van der Waals surface area contributed by atoms with E-state index in [0.29, 0.717) is 28.7 Å². The number of aryl methyl sites for hydroxylation is 3. The number of aromatic nitrogens is 4. The Morgan fingerprint density at radius 1 is 0.717 bits per heavy atom. The number of hydrogen-bond donors (Lipinski definition) is 2. The number of nitrogens with zero attached hydrogens (tertiary/aromatic N) is 6. The van der Waals surface area contributed by atoms with Crippen molar-refractivity contribution in [3.63, 3.8) is 0 Å². The van der Waals surface area contributed by atoms with Crippen molar-refractivity contribution < 1.29 is 19.2 Å². The van der Waals surface area contributed by atoms with Crippen LogP contribution in [0.5, 0.6) is 0 Å². The molecule has 0 atom stereocenters. The normalized spacial score (nSPS) is 15.6. The first-order valence-electron chi connectivity index (χ1n) is 14.8. The number of fused-ring (bicyclic) bond motifs is 2. The maximum absolute atomic E-state index is 12.4. The summed E-state index contributed by atoms with van der Waals surface area (Å²) in [6, 6.07) is 12.7. The van der Waals surface area contributed by atoms with Gasteiger partial charge >= 0.3 is 0 Å². The summed E-state index contributed by atoms with van der Waals surface area (Å²) < 4.78 is 1.65. The Kier molecular flexibility index (Phi) is 8.01. The van der Waals surface area contributed by atoms with E-state index in [1.54, 1.807) is 60.9 Å². The van der Waals surface area contributed by atoms with Crippen molar-refractivity contribution in [1.29, 1.82) is 0 Å². The van der Waals surface area contributed by atoms with Gasteiger partial charge in [-0.15, -0.1) is 0 Å². The molecule has 12 nitrogen and oxygen atoms in total. The second-order valence-electron chi connectivity index (χ2n) is 12.7. The van der Waals surface area contributed by atoms with E-state index in [4.69, 9.17) is 0 Å². The molecule has 0 aliphatic carbocycles. The molecule has 4 aromatic rings. The van der Waals surface area contributed by atoms with Gasteiger partial charge in [0, 0.05) is 62.0 Å². The fraction of sp³-hybridized carbons (Fsp3) is 0.324. The largest absolute Gasteiger partial charge is 0.330 e. The topological polar surface area (TPSA) is 142 Å². The van der Waals surface area contributed by atoms with Gasteiger partial charge in [0.05, 0.1) is 10.8 Å². The van der Waals surface area contributed by atoms with Gasteiger partial charge in [0.2, 0.25) is 11.8 Å². The maximum Gasteiger partial charge on any atom is 0.291 e. The molecule has 2 aliphatic heterocycles. The minimum atomic E-state index is -0.548. The Bertz CT molecular complexity index is 1890. The Morgan fingerprint density at radius 2 is 1.22 bits per heavy atom. The zero-order chi connectivity index (χ0) is 33.7. The highest BCUT2D eigenvalue weighted by Gasteiger charge is 2.43. The average Bonchev–Trinajstić information content (AvgIpc) is 3.56. The van der Waals surface area contributed by atoms with Crippen LogP contribution in [0.3, 0.4) is 0 Å². The molecule has 0 saturated carbocycles. The van der Waals surface area contributed by atoms with Crippen molar-refractivity contribution >= 4 is 46.4 Å². The fourth-order valence-corrected chi connectivity index (χ4v) is 5.92. The van der Waals surface area contributed by atoms with Crippen molar-refractivity contribution in [3.8, 4) is 0 Å². The molecule has 0 unspecified atom stereocenters. The van der Waals surface area contributed by atoms with Crippen LogP contribution in [0.4, 0.5) is 22.7 Å². The van der Waals surface area contributed by atoms with Crippen LogP contribution in [0.25, 0.3) is 0 Å². The van der Waals surface area contributed by atoms with E-state index in [-0.39, 0.29) is 23.6 Å². The van der Waals surface area contributed by atoms with Crippen molar-refractivity contribution in [2.24, 2.45) is 7.05 Å². The third kappa shape index (κ3) is 5.62. The van der Waals surface area contributed by atoms with Crippen molar-refractivity contribution in [3.05, 3.63) is 89.0 Å². The van der Waals surface area contributed by atoms with E-state index in [0.717, 1.165) is 28.2 Å². The Labute approximate surface area is 267 Å². The molecule has 4 amide bonds. The third-order valence-electron chi connectivity index (χ3n) is 8.48. The van der Waals surface area contributed by atoms with E-state index in [2.05, 4.69) is 25.6 Å². The number of carbonyl (C=O) groups is 4. The van der Waals surface area contributed by atoms with Crippen molar-refractivity contribution in [1.82, 2.24) is 19.5 Å². The second-order valence-corrected chi connectivity index (χ2v) is 12.7. The SMILES string of the molecule is CN1C(=O)C(C)(C)c2ccc(NC(=O)c3nccn3C)cc21.Cc1cc(C(=O)Nc2ccc3c(c2)N(C)C(=O)C3(C)C)nc(C)n1.